The van der Waals surface area contributed by atoms with E-state index in [9.17, 15) is 9.59 Å². The third-order valence-corrected chi connectivity index (χ3v) is 4.60. The fourth-order valence-electron chi connectivity index (χ4n) is 3.06. The highest BCUT2D eigenvalue weighted by atomic mass is 35.5. The molecule has 1 heterocycles. The van der Waals surface area contributed by atoms with Crippen molar-refractivity contribution in [1.29, 1.82) is 0 Å². The Morgan fingerprint density at radius 2 is 2.00 bits per heavy atom. The molecule has 0 saturated heterocycles. The van der Waals surface area contributed by atoms with Crippen LogP contribution in [0.1, 0.15) is 43.7 Å². The number of hydrogen-bond acceptors (Lipinski definition) is 3. The SMILES string of the molecule is CCCCC(CN)NC(=O)CCNC(=O)N1CCc2ccccc2C1.Cl. The normalized spacial score (nSPS) is 14.0. The number of hydrogen-bond donors (Lipinski definition) is 3. The van der Waals surface area contributed by atoms with Crippen LogP contribution in [-0.2, 0) is 17.8 Å². The average molecular weight is 383 g/mol. The second-order valence-electron chi connectivity index (χ2n) is 6.56. The number of rotatable bonds is 8. The molecule has 4 N–H and O–H groups in total. The Bertz CT molecular complexity index is 582. The lowest BCUT2D eigenvalue weighted by Crippen LogP contribution is -2.45. The Balaban J connectivity index is 0.00000338. The van der Waals surface area contributed by atoms with Crippen LogP contribution < -0.4 is 16.4 Å². The van der Waals surface area contributed by atoms with E-state index in [2.05, 4.69) is 29.7 Å². The van der Waals surface area contributed by atoms with Gasteiger partial charge in [-0.1, -0.05) is 44.0 Å². The van der Waals surface area contributed by atoms with Gasteiger partial charge in [-0.25, -0.2) is 4.79 Å². The molecule has 0 bridgehead atoms. The Morgan fingerprint density at radius 1 is 1.27 bits per heavy atom. The Hall–Kier alpha value is -1.79. The van der Waals surface area contributed by atoms with Gasteiger partial charge in [0.15, 0.2) is 0 Å². The van der Waals surface area contributed by atoms with E-state index >= 15 is 0 Å². The molecular formula is C19H31ClN4O2. The lowest BCUT2D eigenvalue weighted by atomic mass is 10.0. The summed E-state index contributed by atoms with van der Waals surface area (Å²) in [6.07, 6.45) is 4.19. The molecule has 0 spiro atoms. The largest absolute Gasteiger partial charge is 0.352 e. The number of carbonyl (C=O) groups is 2. The second kappa shape index (κ2) is 11.8. The van der Waals surface area contributed by atoms with Crippen molar-refractivity contribution < 1.29 is 9.59 Å². The van der Waals surface area contributed by atoms with Crippen molar-refractivity contribution in [2.75, 3.05) is 19.6 Å². The molecule has 1 aliphatic rings. The van der Waals surface area contributed by atoms with E-state index in [0.717, 1.165) is 25.7 Å². The van der Waals surface area contributed by atoms with Crippen LogP contribution in [0.4, 0.5) is 4.79 Å². The van der Waals surface area contributed by atoms with Gasteiger partial charge in [-0.2, -0.15) is 0 Å². The van der Waals surface area contributed by atoms with E-state index in [1.807, 2.05) is 12.1 Å². The zero-order valence-corrected chi connectivity index (χ0v) is 16.3. The van der Waals surface area contributed by atoms with Crippen LogP contribution in [-0.4, -0.2) is 42.5 Å². The van der Waals surface area contributed by atoms with Crippen molar-refractivity contribution >= 4 is 24.3 Å². The standard InChI is InChI=1S/C19H30N4O2.ClH/c1-2-3-8-17(13-20)22-18(24)9-11-21-19(25)23-12-10-15-6-4-5-7-16(15)14-23;/h4-7,17H,2-3,8-14,20H2,1H3,(H,21,25)(H,22,24);1H. The van der Waals surface area contributed by atoms with E-state index in [-0.39, 0.29) is 36.8 Å². The summed E-state index contributed by atoms with van der Waals surface area (Å²) in [5, 5.41) is 5.78. The van der Waals surface area contributed by atoms with Crippen molar-refractivity contribution in [1.82, 2.24) is 15.5 Å². The third-order valence-electron chi connectivity index (χ3n) is 4.60. The van der Waals surface area contributed by atoms with Crippen molar-refractivity contribution in [3.8, 4) is 0 Å². The predicted octanol–water partition coefficient (Wildman–Crippen LogP) is 2.20. The first kappa shape index (κ1) is 22.3. The van der Waals surface area contributed by atoms with Crippen LogP contribution in [0.15, 0.2) is 24.3 Å². The van der Waals surface area contributed by atoms with E-state index in [0.29, 0.717) is 26.2 Å². The van der Waals surface area contributed by atoms with Gasteiger partial charge in [0, 0.05) is 38.6 Å². The smallest absolute Gasteiger partial charge is 0.317 e. The van der Waals surface area contributed by atoms with Gasteiger partial charge in [-0.05, 0) is 24.0 Å². The number of benzene rings is 1. The topological polar surface area (TPSA) is 87.5 Å². The van der Waals surface area contributed by atoms with Gasteiger partial charge in [-0.15, -0.1) is 12.4 Å². The van der Waals surface area contributed by atoms with Crippen molar-refractivity contribution in [3.05, 3.63) is 35.4 Å². The van der Waals surface area contributed by atoms with Gasteiger partial charge in [0.2, 0.25) is 5.91 Å². The second-order valence-corrected chi connectivity index (χ2v) is 6.56. The van der Waals surface area contributed by atoms with Crippen molar-refractivity contribution in [2.45, 2.75) is 51.6 Å². The van der Waals surface area contributed by atoms with E-state index in [1.165, 1.54) is 11.1 Å². The van der Waals surface area contributed by atoms with Gasteiger partial charge in [-0.3, -0.25) is 4.79 Å². The summed E-state index contributed by atoms with van der Waals surface area (Å²) in [6.45, 7) is 4.24. The maximum Gasteiger partial charge on any atom is 0.317 e. The first-order chi connectivity index (χ1) is 12.1. The first-order valence-corrected chi connectivity index (χ1v) is 9.23. The number of fused-ring (bicyclic) bond motifs is 1. The van der Waals surface area contributed by atoms with Gasteiger partial charge in [0.05, 0.1) is 0 Å². The lowest BCUT2D eigenvalue weighted by Gasteiger charge is -2.29. The number of urea groups is 1. The molecule has 2 rings (SSSR count). The van der Waals surface area contributed by atoms with Crippen LogP contribution in [0.5, 0.6) is 0 Å². The van der Waals surface area contributed by atoms with Gasteiger partial charge in [0.25, 0.3) is 0 Å². The molecular weight excluding hydrogens is 352 g/mol. The number of carbonyl (C=O) groups excluding carboxylic acids is 2. The Labute approximate surface area is 162 Å². The molecule has 0 aliphatic carbocycles. The number of amides is 3. The van der Waals surface area contributed by atoms with Gasteiger partial charge >= 0.3 is 6.03 Å². The highest BCUT2D eigenvalue weighted by Crippen LogP contribution is 2.18. The average Bonchev–Trinajstić information content (AvgIpc) is 2.64. The predicted molar refractivity (Wildman–Crippen MR) is 106 cm³/mol. The van der Waals surface area contributed by atoms with E-state index in [4.69, 9.17) is 5.73 Å². The zero-order chi connectivity index (χ0) is 18.1. The molecule has 1 unspecified atom stereocenters. The number of nitrogens with two attached hydrogens (primary N) is 1. The number of halogens is 1. The quantitative estimate of drug-likeness (QED) is 0.644. The highest BCUT2D eigenvalue weighted by Gasteiger charge is 2.20. The fourth-order valence-corrected chi connectivity index (χ4v) is 3.06. The Morgan fingerprint density at radius 3 is 2.69 bits per heavy atom. The minimum absolute atomic E-state index is 0. The number of unbranched alkanes of at least 4 members (excludes halogenated alkanes) is 1. The van der Waals surface area contributed by atoms with Gasteiger partial charge in [0.1, 0.15) is 0 Å². The summed E-state index contributed by atoms with van der Waals surface area (Å²) in [5.41, 5.74) is 8.19. The summed E-state index contributed by atoms with van der Waals surface area (Å²) in [4.78, 5) is 26.0. The summed E-state index contributed by atoms with van der Waals surface area (Å²) in [5.74, 6) is -0.0594. The zero-order valence-electron chi connectivity index (χ0n) is 15.5. The van der Waals surface area contributed by atoms with Crippen LogP contribution >= 0.6 is 12.4 Å². The molecule has 1 aromatic carbocycles. The molecule has 1 atom stereocenters. The van der Waals surface area contributed by atoms with Crippen molar-refractivity contribution in [2.24, 2.45) is 5.73 Å². The minimum Gasteiger partial charge on any atom is -0.352 e. The summed E-state index contributed by atoms with van der Waals surface area (Å²) in [7, 11) is 0. The summed E-state index contributed by atoms with van der Waals surface area (Å²) in [6, 6.07) is 8.12. The molecule has 26 heavy (non-hydrogen) atoms. The molecule has 0 radical (unpaired) electrons. The molecule has 146 valence electrons. The van der Waals surface area contributed by atoms with E-state index in [1.54, 1.807) is 4.90 Å². The molecule has 0 saturated carbocycles. The van der Waals surface area contributed by atoms with Crippen LogP contribution in [0, 0.1) is 0 Å². The maximum atomic E-state index is 12.3. The van der Waals surface area contributed by atoms with Crippen LogP contribution in [0.25, 0.3) is 0 Å². The molecule has 3 amide bonds. The molecule has 0 fully saturated rings. The third kappa shape index (κ3) is 6.84. The molecule has 1 aliphatic heterocycles. The minimum atomic E-state index is -0.108. The van der Waals surface area contributed by atoms with Gasteiger partial charge < -0.3 is 21.3 Å². The molecule has 6 nitrogen and oxygen atoms in total. The Kier molecular flexibility index (Phi) is 10.1. The number of nitrogens with one attached hydrogen (secondary N) is 2. The summed E-state index contributed by atoms with van der Waals surface area (Å²) >= 11 is 0. The molecule has 1 aromatic rings. The molecule has 0 aromatic heterocycles. The van der Waals surface area contributed by atoms with Crippen LogP contribution in [0.3, 0.4) is 0 Å². The maximum absolute atomic E-state index is 12.3. The fraction of sp³-hybridized carbons (Fsp3) is 0.579. The molecule has 7 heteroatoms. The van der Waals surface area contributed by atoms with E-state index < -0.39 is 0 Å². The first-order valence-electron chi connectivity index (χ1n) is 9.23. The highest BCUT2D eigenvalue weighted by molar-refractivity contribution is 5.85. The number of nitrogens with zero attached hydrogens (tertiary/aromatic N) is 1. The lowest BCUT2D eigenvalue weighted by molar-refractivity contribution is -0.121. The van der Waals surface area contributed by atoms with Crippen LogP contribution in [0.2, 0.25) is 0 Å². The summed E-state index contributed by atoms with van der Waals surface area (Å²) < 4.78 is 0. The van der Waals surface area contributed by atoms with Crippen molar-refractivity contribution in [3.63, 3.8) is 0 Å². The monoisotopic (exact) mass is 382 g/mol.